The number of pyridine rings is 1. The van der Waals surface area contributed by atoms with Crippen LogP contribution in [0, 0.1) is 6.92 Å². The number of anilines is 1. The average Bonchev–Trinajstić information content (AvgIpc) is 2.74. The van der Waals surface area contributed by atoms with Crippen LogP contribution in [0.25, 0.3) is 0 Å². The molecule has 0 atom stereocenters. The molecule has 1 aromatic carbocycles. The van der Waals surface area contributed by atoms with Crippen molar-refractivity contribution in [3.63, 3.8) is 0 Å². The summed E-state index contributed by atoms with van der Waals surface area (Å²) in [6.07, 6.45) is -0.437. The summed E-state index contributed by atoms with van der Waals surface area (Å²) < 4.78 is 32.0. The zero-order valence-electron chi connectivity index (χ0n) is 16.9. The monoisotopic (exact) mass is 432 g/mol. The number of sulfonamides is 1. The highest BCUT2D eigenvalue weighted by atomic mass is 32.2. The number of hydrogen-bond donors (Lipinski definition) is 1. The average molecular weight is 433 g/mol. The van der Waals surface area contributed by atoms with Gasteiger partial charge in [-0.2, -0.15) is 4.31 Å². The molecule has 0 spiro atoms. The van der Waals surface area contributed by atoms with Crippen LogP contribution in [0.15, 0.2) is 47.4 Å². The second-order valence-corrected chi connectivity index (χ2v) is 8.67. The van der Waals surface area contributed by atoms with Crippen LogP contribution >= 0.6 is 0 Å². The molecular formula is C20H24N4O5S. The van der Waals surface area contributed by atoms with Gasteiger partial charge in [0, 0.05) is 37.4 Å². The summed E-state index contributed by atoms with van der Waals surface area (Å²) in [6.45, 7) is 4.72. The first-order chi connectivity index (χ1) is 14.3. The lowest BCUT2D eigenvalue weighted by atomic mass is 10.2. The van der Waals surface area contributed by atoms with Crippen LogP contribution in [0.2, 0.25) is 0 Å². The normalized spacial score (nSPS) is 14.9. The molecule has 1 aliphatic rings. The summed E-state index contributed by atoms with van der Waals surface area (Å²) >= 11 is 0. The lowest BCUT2D eigenvalue weighted by Gasteiger charge is -2.33. The molecule has 2 heterocycles. The molecule has 0 saturated carbocycles. The molecule has 1 saturated heterocycles. The highest BCUT2D eigenvalue weighted by molar-refractivity contribution is 7.89. The molecule has 1 fully saturated rings. The lowest BCUT2D eigenvalue weighted by molar-refractivity contribution is 0.0933. The third-order valence-corrected chi connectivity index (χ3v) is 6.56. The summed E-state index contributed by atoms with van der Waals surface area (Å²) in [4.78, 5) is 29.9. The first-order valence-corrected chi connectivity index (χ1v) is 11.0. The third kappa shape index (κ3) is 4.95. The Morgan fingerprint density at radius 1 is 1.07 bits per heavy atom. The van der Waals surface area contributed by atoms with Crippen LogP contribution < -0.4 is 5.32 Å². The topological polar surface area (TPSA) is 109 Å². The Kier molecular flexibility index (Phi) is 6.68. The molecule has 10 heteroatoms. The van der Waals surface area contributed by atoms with Gasteiger partial charge in [0.1, 0.15) is 5.82 Å². The van der Waals surface area contributed by atoms with Crippen LogP contribution in [-0.4, -0.2) is 67.4 Å². The molecule has 9 nitrogen and oxygen atoms in total. The maximum atomic E-state index is 12.9. The van der Waals surface area contributed by atoms with Crippen molar-refractivity contribution < 1.29 is 22.7 Å². The Hall–Kier alpha value is -2.98. The number of carbonyl (C=O) groups is 2. The number of ether oxygens (including phenoxy) is 1. The fraction of sp³-hybridized carbons (Fsp3) is 0.350. The zero-order chi connectivity index (χ0) is 21.7. The highest BCUT2D eigenvalue weighted by Gasteiger charge is 2.30. The van der Waals surface area contributed by atoms with E-state index < -0.39 is 16.1 Å². The van der Waals surface area contributed by atoms with E-state index in [1.807, 2.05) is 13.0 Å². The molecule has 3 rings (SSSR count). The van der Waals surface area contributed by atoms with Gasteiger partial charge in [0.25, 0.3) is 5.91 Å². The van der Waals surface area contributed by atoms with Crippen molar-refractivity contribution in [2.45, 2.75) is 18.7 Å². The summed E-state index contributed by atoms with van der Waals surface area (Å²) in [5.41, 5.74) is 1.10. The van der Waals surface area contributed by atoms with E-state index in [0.717, 1.165) is 5.69 Å². The Morgan fingerprint density at radius 3 is 2.33 bits per heavy atom. The maximum absolute atomic E-state index is 12.9. The van der Waals surface area contributed by atoms with Crippen molar-refractivity contribution in [1.29, 1.82) is 0 Å². The minimum Gasteiger partial charge on any atom is -0.450 e. The minimum absolute atomic E-state index is 0.0947. The zero-order valence-corrected chi connectivity index (χ0v) is 17.7. The number of carbonyl (C=O) groups excluding carboxylic acids is 2. The van der Waals surface area contributed by atoms with Crippen LogP contribution in [0.3, 0.4) is 0 Å². The molecule has 0 aliphatic carbocycles. The van der Waals surface area contributed by atoms with Gasteiger partial charge in [0.05, 0.1) is 11.5 Å². The van der Waals surface area contributed by atoms with E-state index >= 15 is 0 Å². The first kappa shape index (κ1) is 21.7. The molecule has 30 heavy (non-hydrogen) atoms. The summed E-state index contributed by atoms with van der Waals surface area (Å²) in [5, 5.41) is 2.69. The number of nitrogens with one attached hydrogen (secondary N) is 1. The number of aryl methyl sites for hydroxylation is 1. The SMILES string of the molecule is CCOC(=O)N1CCN(S(=O)(=O)c2ccc(C(=O)Nc3cccc(C)n3)cc2)CC1. The van der Waals surface area contributed by atoms with Gasteiger partial charge in [-0.1, -0.05) is 6.07 Å². The Labute approximate surface area is 175 Å². The number of piperazine rings is 1. The smallest absolute Gasteiger partial charge is 0.409 e. The van der Waals surface area contributed by atoms with Crippen LogP contribution in [-0.2, 0) is 14.8 Å². The molecular weight excluding hydrogens is 408 g/mol. The van der Waals surface area contributed by atoms with Gasteiger partial charge in [0.2, 0.25) is 10.0 Å². The number of hydrogen-bond acceptors (Lipinski definition) is 6. The van der Waals surface area contributed by atoms with Crippen molar-refractivity contribution >= 4 is 27.8 Å². The van der Waals surface area contributed by atoms with Gasteiger partial charge in [-0.05, 0) is 50.2 Å². The lowest BCUT2D eigenvalue weighted by Crippen LogP contribution is -2.50. The molecule has 0 bridgehead atoms. The Morgan fingerprint density at radius 2 is 1.73 bits per heavy atom. The largest absolute Gasteiger partial charge is 0.450 e. The number of rotatable bonds is 5. The van der Waals surface area contributed by atoms with Gasteiger partial charge in [-0.3, -0.25) is 4.79 Å². The maximum Gasteiger partial charge on any atom is 0.409 e. The molecule has 160 valence electrons. The van der Waals surface area contributed by atoms with Crippen molar-refractivity contribution in [3.05, 3.63) is 53.7 Å². The fourth-order valence-corrected chi connectivity index (χ4v) is 4.48. The van der Waals surface area contributed by atoms with E-state index in [1.54, 1.807) is 19.1 Å². The second kappa shape index (κ2) is 9.23. The van der Waals surface area contributed by atoms with Crippen LogP contribution in [0.1, 0.15) is 23.0 Å². The van der Waals surface area contributed by atoms with E-state index in [-0.39, 0.29) is 43.6 Å². The van der Waals surface area contributed by atoms with Crippen molar-refractivity contribution in [2.24, 2.45) is 0 Å². The van der Waals surface area contributed by atoms with Gasteiger partial charge < -0.3 is 15.0 Å². The van der Waals surface area contributed by atoms with Crippen molar-refractivity contribution in [3.8, 4) is 0 Å². The standard InChI is InChI=1S/C20H24N4O5S/c1-3-29-20(26)23-11-13-24(14-12-23)30(27,28)17-9-7-16(8-10-17)19(25)22-18-6-4-5-15(2)21-18/h4-10H,3,11-14H2,1-2H3,(H,21,22,25). The van der Waals surface area contributed by atoms with Gasteiger partial charge in [-0.15, -0.1) is 0 Å². The van der Waals surface area contributed by atoms with E-state index in [4.69, 9.17) is 4.74 Å². The van der Waals surface area contributed by atoms with Crippen LogP contribution in [0.5, 0.6) is 0 Å². The number of nitrogens with zero attached hydrogens (tertiary/aromatic N) is 3. The molecule has 0 unspecified atom stereocenters. The summed E-state index contributed by atoms with van der Waals surface area (Å²) in [7, 11) is -3.72. The summed E-state index contributed by atoms with van der Waals surface area (Å²) in [5.74, 6) is 0.0521. The van der Waals surface area contributed by atoms with Gasteiger partial charge >= 0.3 is 6.09 Å². The van der Waals surface area contributed by atoms with E-state index in [1.165, 1.54) is 33.5 Å². The van der Waals surface area contributed by atoms with Crippen molar-refractivity contribution in [1.82, 2.24) is 14.2 Å². The Balaban J connectivity index is 1.65. The summed E-state index contributed by atoms with van der Waals surface area (Å²) in [6, 6.07) is 11.0. The number of aromatic nitrogens is 1. The third-order valence-electron chi connectivity index (χ3n) is 4.65. The Bertz CT molecular complexity index is 1020. The predicted octanol–water partition coefficient (Wildman–Crippen LogP) is 2.11. The molecule has 0 radical (unpaired) electrons. The first-order valence-electron chi connectivity index (χ1n) is 9.58. The molecule has 1 N–H and O–H groups in total. The van der Waals surface area contributed by atoms with Crippen molar-refractivity contribution in [2.75, 3.05) is 38.1 Å². The quantitative estimate of drug-likeness (QED) is 0.775. The predicted molar refractivity (Wildman–Crippen MR) is 111 cm³/mol. The highest BCUT2D eigenvalue weighted by Crippen LogP contribution is 2.19. The minimum atomic E-state index is -3.72. The van der Waals surface area contributed by atoms with Crippen LogP contribution in [0.4, 0.5) is 10.6 Å². The van der Waals surface area contributed by atoms with E-state index in [9.17, 15) is 18.0 Å². The molecule has 2 amide bonds. The second-order valence-electron chi connectivity index (χ2n) is 6.73. The molecule has 2 aromatic rings. The van der Waals surface area contributed by atoms with E-state index in [0.29, 0.717) is 11.4 Å². The molecule has 1 aliphatic heterocycles. The van der Waals surface area contributed by atoms with Gasteiger partial charge in [0.15, 0.2) is 0 Å². The fourth-order valence-electron chi connectivity index (χ4n) is 3.05. The number of benzene rings is 1. The number of amides is 2. The van der Waals surface area contributed by atoms with E-state index in [2.05, 4.69) is 10.3 Å². The van der Waals surface area contributed by atoms with Gasteiger partial charge in [-0.25, -0.2) is 18.2 Å². The molecule has 1 aromatic heterocycles.